The molecule has 0 aliphatic carbocycles. The zero-order chi connectivity index (χ0) is 13.4. The highest BCUT2D eigenvalue weighted by Crippen LogP contribution is 2.28. The minimum absolute atomic E-state index is 0.0637. The highest BCUT2D eigenvalue weighted by atomic mass is 16.6. The summed E-state index contributed by atoms with van der Waals surface area (Å²) in [5.74, 6) is 0.808. The number of hydrogen-bond donors (Lipinski definition) is 1. The van der Waals surface area contributed by atoms with Crippen molar-refractivity contribution in [1.29, 1.82) is 0 Å². The number of ether oxygens (including phenoxy) is 1. The molecule has 1 unspecified atom stereocenters. The molecule has 1 fully saturated rings. The van der Waals surface area contributed by atoms with Gasteiger partial charge < -0.3 is 14.6 Å². The smallest absolute Gasteiger partial charge is 0.407 e. The first-order chi connectivity index (χ1) is 9.15. The SMILES string of the molecule is Cc1noc(C)c1-c1ccc(C2COC(=O)N2)cc1. The number of amides is 1. The molecule has 5 nitrogen and oxygen atoms in total. The van der Waals surface area contributed by atoms with Gasteiger partial charge in [-0.1, -0.05) is 29.4 Å². The van der Waals surface area contributed by atoms with Crippen molar-refractivity contribution in [3.05, 3.63) is 41.3 Å². The van der Waals surface area contributed by atoms with Crippen molar-refractivity contribution in [3.8, 4) is 11.1 Å². The summed E-state index contributed by atoms with van der Waals surface area (Å²) in [7, 11) is 0. The van der Waals surface area contributed by atoms with Crippen LogP contribution in [0.25, 0.3) is 11.1 Å². The molecule has 1 aromatic heterocycles. The van der Waals surface area contributed by atoms with Gasteiger partial charge in [0.05, 0.1) is 11.7 Å². The maximum absolute atomic E-state index is 11.0. The van der Waals surface area contributed by atoms with Crippen LogP contribution in [0, 0.1) is 13.8 Å². The molecule has 19 heavy (non-hydrogen) atoms. The van der Waals surface area contributed by atoms with Crippen LogP contribution in [-0.4, -0.2) is 17.9 Å². The standard InChI is InChI=1S/C14H14N2O3/c1-8-13(9(2)19-16-8)11-5-3-10(4-6-11)12-7-18-14(17)15-12/h3-6,12H,7H2,1-2H3,(H,15,17). The third-order valence-corrected chi connectivity index (χ3v) is 3.31. The Morgan fingerprint density at radius 3 is 2.53 bits per heavy atom. The van der Waals surface area contributed by atoms with E-state index in [1.807, 2.05) is 38.1 Å². The van der Waals surface area contributed by atoms with Crippen molar-refractivity contribution < 1.29 is 14.1 Å². The van der Waals surface area contributed by atoms with E-state index in [0.717, 1.165) is 28.1 Å². The normalized spacial score (nSPS) is 18.2. The average Bonchev–Trinajstić information content (AvgIpc) is 2.97. The molecule has 98 valence electrons. The van der Waals surface area contributed by atoms with Gasteiger partial charge in [0.1, 0.15) is 12.4 Å². The third-order valence-electron chi connectivity index (χ3n) is 3.31. The number of aromatic nitrogens is 1. The lowest BCUT2D eigenvalue weighted by atomic mass is 10.0. The summed E-state index contributed by atoms with van der Waals surface area (Å²) in [6.45, 7) is 4.20. The number of nitrogens with one attached hydrogen (secondary N) is 1. The molecule has 2 aromatic rings. The van der Waals surface area contributed by atoms with Crippen LogP contribution in [0.5, 0.6) is 0 Å². The molecular weight excluding hydrogens is 244 g/mol. The van der Waals surface area contributed by atoms with Gasteiger partial charge in [-0.25, -0.2) is 4.79 Å². The van der Waals surface area contributed by atoms with Crippen LogP contribution in [0.15, 0.2) is 28.8 Å². The van der Waals surface area contributed by atoms with Crippen molar-refractivity contribution in [2.45, 2.75) is 19.9 Å². The molecule has 1 aliphatic rings. The maximum Gasteiger partial charge on any atom is 0.407 e. The lowest BCUT2D eigenvalue weighted by Gasteiger charge is -2.08. The van der Waals surface area contributed by atoms with E-state index < -0.39 is 0 Å². The zero-order valence-electron chi connectivity index (χ0n) is 10.8. The molecular formula is C14H14N2O3. The Morgan fingerprint density at radius 2 is 2.00 bits per heavy atom. The number of carbonyl (C=O) groups excluding carboxylic acids is 1. The first-order valence-corrected chi connectivity index (χ1v) is 6.11. The van der Waals surface area contributed by atoms with Gasteiger partial charge in [0, 0.05) is 5.56 Å². The van der Waals surface area contributed by atoms with E-state index >= 15 is 0 Å². The molecule has 1 amide bonds. The topological polar surface area (TPSA) is 64.4 Å². The first-order valence-electron chi connectivity index (χ1n) is 6.11. The fraction of sp³-hybridized carbons (Fsp3) is 0.286. The van der Waals surface area contributed by atoms with Crippen LogP contribution in [-0.2, 0) is 4.74 Å². The average molecular weight is 258 g/mol. The molecule has 3 rings (SSSR count). The fourth-order valence-electron chi connectivity index (χ4n) is 2.34. The van der Waals surface area contributed by atoms with Crippen molar-refractivity contribution in [3.63, 3.8) is 0 Å². The number of cyclic esters (lactones) is 1. The lowest BCUT2D eigenvalue weighted by Crippen LogP contribution is -2.18. The molecule has 5 heteroatoms. The second kappa shape index (κ2) is 4.42. The number of carbonyl (C=O) groups is 1. The van der Waals surface area contributed by atoms with Gasteiger partial charge in [0.15, 0.2) is 0 Å². The van der Waals surface area contributed by atoms with Crippen LogP contribution in [0.1, 0.15) is 23.1 Å². The largest absolute Gasteiger partial charge is 0.447 e. The molecule has 1 aromatic carbocycles. The van der Waals surface area contributed by atoms with E-state index in [-0.39, 0.29) is 12.1 Å². The molecule has 2 heterocycles. The Labute approximate surface area is 110 Å². The van der Waals surface area contributed by atoms with E-state index in [1.165, 1.54) is 0 Å². The molecule has 1 saturated heterocycles. The summed E-state index contributed by atoms with van der Waals surface area (Å²) < 4.78 is 10.1. The summed E-state index contributed by atoms with van der Waals surface area (Å²) in [4.78, 5) is 11.0. The monoisotopic (exact) mass is 258 g/mol. The van der Waals surface area contributed by atoms with Gasteiger partial charge in [-0.3, -0.25) is 0 Å². The Hall–Kier alpha value is -2.30. The Morgan fingerprint density at radius 1 is 1.26 bits per heavy atom. The number of hydrogen-bond acceptors (Lipinski definition) is 4. The number of alkyl carbamates (subject to hydrolysis) is 1. The van der Waals surface area contributed by atoms with E-state index in [1.54, 1.807) is 0 Å². The van der Waals surface area contributed by atoms with Gasteiger partial charge in [-0.15, -0.1) is 0 Å². The molecule has 0 spiro atoms. The molecule has 1 atom stereocenters. The fourth-order valence-corrected chi connectivity index (χ4v) is 2.34. The van der Waals surface area contributed by atoms with Gasteiger partial charge in [-0.05, 0) is 25.0 Å². The van der Waals surface area contributed by atoms with Gasteiger partial charge >= 0.3 is 6.09 Å². The molecule has 1 N–H and O–H groups in total. The van der Waals surface area contributed by atoms with Gasteiger partial charge in [-0.2, -0.15) is 0 Å². The minimum Gasteiger partial charge on any atom is -0.447 e. The highest BCUT2D eigenvalue weighted by Gasteiger charge is 2.23. The first kappa shape index (κ1) is 11.8. The zero-order valence-corrected chi connectivity index (χ0v) is 10.8. The molecule has 0 bridgehead atoms. The van der Waals surface area contributed by atoms with Crippen LogP contribution in [0.4, 0.5) is 4.79 Å². The number of benzene rings is 1. The van der Waals surface area contributed by atoms with Crippen molar-refractivity contribution in [2.75, 3.05) is 6.61 Å². The Bertz CT molecular complexity index is 597. The van der Waals surface area contributed by atoms with Crippen molar-refractivity contribution >= 4 is 6.09 Å². The Kier molecular flexibility index (Phi) is 2.74. The summed E-state index contributed by atoms with van der Waals surface area (Å²) in [6, 6.07) is 7.92. The second-order valence-electron chi connectivity index (χ2n) is 4.62. The van der Waals surface area contributed by atoms with E-state index in [9.17, 15) is 4.79 Å². The van der Waals surface area contributed by atoms with Gasteiger partial charge in [0.25, 0.3) is 0 Å². The number of rotatable bonds is 2. The van der Waals surface area contributed by atoms with Crippen LogP contribution >= 0.6 is 0 Å². The Balaban J connectivity index is 1.89. The quantitative estimate of drug-likeness (QED) is 0.899. The molecule has 0 saturated carbocycles. The maximum atomic E-state index is 11.0. The van der Waals surface area contributed by atoms with E-state index in [0.29, 0.717) is 6.61 Å². The van der Waals surface area contributed by atoms with E-state index in [4.69, 9.17) is 9.26 Å². The highest BCUT2D eigenvalue weighted by molar-refractivity contribution is 5.71. The third kappa shape index (κ3) is 2.07. The van der Waals surface area contributed by atoms with Crippen molar-refractivity contribution in [1.82, 2.24) is 10.5 Å². The van der Waals surface area contributed by atoms with Crippen LogP contribution in [0.2, 0.25) is 0 Å². The van der Waals surface area contributed by atoms with Crippen LogP contribution < -0.4 is 5.32 Å². The summed E-state index contributed by atoms with van der Waals surface area (Å²) in [5, 5.41) is 6.71. The van der Waals surface area contributed by atoms with Crippen LogP contribution in [0.3, 0.4) is 0 Å². The summed E-state index contributed by atoms with van der Waals surface area (Å²) >= 11 is 0. The predicted molar refractivity (Wildman–Crippen MR) is 68.6 cm³/mol. The number of aryl methyl sites for hydroxylation is 2. The molecule has 1 aliphatic heterocycles. The predicted octanol–water partition coefficient (Wildman–Crippen LogP) is 2.74. The van der Waals surface area contributed by atoms with E-state index in [2.05, 4.69) is 10.5 Å². The summed E-state index contributed by atoms with van der Waals surface area (Å²) in [5.41, 5.74) is 3.99. The number of nitrogens with zero attached hydrogens (tertiary/aromatic N) is 1. The van der Waals surface area contributed by atoms with Gasteiger partial charge in [0.2, 0.25) is 0 Å². The molecule has 0 radical (unpaired) electrons. The minimum atomic E-state index is -0.361. The summed E-state index contributed by atoms with van der Waals surface area (Å²) in [6.07, 6.45) is -0.361. The van der Waals surface area contributed by atoms with Crippen molar-refractivity contribution in [2.24, 2.45) is 0 Å². The second-order valence-corrected chi connectivity index (χ2v) is 4.62. The lowest BCUT2D eigenvalue weighted by molar-refractivity contribution is 0.177.